The Balaban J connectivity index is 3.19. The van der Waals surface area contributed by atoms with E-state index in [2.05, 4.69) is 5.32 Å². The van der Waals surface area contributed by atoms with Crippen LogP contribution in [0.1, 0.15) is 26.3 Å². The molecule has 1 amide bonds. The Bertz CT molecular complexity index is 550. The van der Waals surface area contributed by atoms with E-state index >= 15 is 0 Å². The summed E-state index contributed by atoms with van der Waals surface area (Å²) in [5.41, 5.74) is 0.509. The third kappa shape index (κ3) is 5.21. The predicted octanol–water partition coefficient (Wildman–Crippen LogP) is 3.34. The molecule has 0 saturated carbocycles. The maximum absolute atomic E-state index is 12.0. The summed E-state index contributed by atoms with van der Waals surface area (Å²) in [6.07, 6.45) is -0.585. The van der Waals surface area contributed by atoms with E-state index in [-0.39, 0.29) is 6.79 Å². The fourth-order valence-corrected chi connectivity index (χ4v) is 2.00. The fourth-order valence-electron chi connectivity index (χ4n) is 2.00. The molecule has 1 N–H and O–H groups in total. The Morgan fingerprint density at radius 3 is 2.22 bits per heavy atom. The highest BCUT2D eigenvalue weighted by molar-refractivity contribution is 5.88. The van der Waals surface area contributed by atoms with Crippen LogP contribution in [0.3, 0.4) is 0 Å². The van der Waals surface area contributed by atoms with Gasteiger partial charge in [-0.15, -0.1) is 0 Å². The molecule has 1 aromatic carbocycles. The maximum atomic E-state index is 12.0. The zero-order chi connectivity index (χ0) is 17.6. The normalized spacial score (nSPS) is 10.9. The van der Waals surface area contributed by atoms with Gasteiger partial charge < -0.3 is 23.7 Å². The molecule has 0 aromatic heterocycles. The topological polar surface area (TPSA) is 75.3 Å². The van der Waals surface area contributed by atoms with Crippen molar-refractivity contribution in [1.82, 2.24) is 0 Å². The molecule has 1 rings (SSSR count). The number of carbonyl (C=O) groups is 1. The van der Waals surface area contributed by atoms with Gasteiger partial charge in [-0.25, -0.2) is 4.79 Å². The first kappa shape index (κ1) is 18.9. The van der Waals surface area contributed by atoms with Crippen LogP contribution in [0, 0.1) is 6.92 Å². The van der Waals surface area contributed by atoms with Crippen molar-refractivity contribution in [3.63, 3.8) is 0 Å². The van der Waals surface area contributed by atoms with E-state index in [9.17, 15) is 4.79 Å². The first-order valence-corrected chi connectivity index (χ1v) is 7.10. The number of carbonyl (C=O) groups excluding carboxylic acids is 1. The van der Waals surface area contributed by atoms with Crippen LogP contribution in [0.15, 0.2) is 6.07 Å². The molecule has 0 unspecified atom stereocenters. The molecular formula is C16H25NO6. The molecule has 0 aliphatic rings. The minimum atomic E-state index is -0.603. The van der Waals surface area contributed by atoms with Crippen molar-refractivity contribution < 1.29 is 28.5 Å². The highest BCUT2D eigenvalue weighted by Crippen LogP contribution is 2.42. The van der Waals surface area contributed by atoms with E-state index in [1.807, 2.05) is 0 Å². The van der Waals surface area contributed by atoms with Crippen molar-refractivity contribution in [2.45, 2.75) is 33.3 Å². The minimum Gasteiger partial charge on any atom is -0.494 e. The molecule has 0 atom stereocenters. The summed E-state index contributed by atoms with van der Waals surface area (Å²) in [6, 6.07) is 1.60. The average molecular weight is 327 g/mol. The van der Waals surface area contributed by atoms with E-state index in [1.165, 1.54) is 21.3 Å². The number of anilines is 1. The van der Waals surface area contributed by atoms with Crippen LogP contribution in [0.2, 0.25) is 0 Å². The molecule has 0 aliphatic heterocycles. The van der Waals surface area contributed by atoms with Crippen LogP contribution in [0.5, 0.6) is 17.2 Å². The lowest BCUT2D eigenvalue weighted by molar-refractivity contribution is 0.0491. The quantitative estimate of drug-likeness (QED) is 0.808. The van der Waals surface area contributed by atoms with E-state index in [0.717, 1.165) is 0 Å². The van der Waals surface area contributed by atoms with Gasteiger partial charge in [0.2, 0.25) is 0 Å². The molecule has 130 valence electrons. The lowest BCUT2D eigenvalue weighted by atomic mass is 10.1. The average Bonchev–Trinajstić information content (AvgIpc) is 2.43. The maximum Gasteiger partial charge on any atom is 0.412 e. The number of amides is 1. The van der Waals surface area contributed by atoms with Crippen LogP contribution < -0.4 is 19.5 Å². The molecule has 7 nitrogen and oxygen atoms in total. The number of nitrogens with one attached hydrogen (secondary N) is 1. The molecule has 0 fully saturated rings. The van der Waals surface area contributed by atoms with Crippen molar-refractivity contribution in [2.24, 2.45) is 0 Å². The van der Waals surface area contributed by atoms with Crippen LogP contribution >= 0.6 is 0 Å². The number of rotatable bonds is 6. The first-order chi connectivity index (χ1) is 10.7. The van der Waals surface area contributed by atoms with Crippen molar-refractivity contribution in [3.8, 4) is 17.2 Å². The highest BCUT2D eigenvalue weighted by Gasteiger charge is 2.22. The zero-order valence-electron chi connectivity index (χ0n) is 14.7. The van der Waals surface area contributed by atoms with Crippen molar-refractivity contribution in [1.29, 1.82) is 0 Å². The van der Waals surface area contributed by atoms with Crippen LogP contribution in [-0.4, -0.2) is 39.8 Å². The van der Waals surface area contributed by atoms with Gasteiger partial charge in [0.25, 0.3) is 0 Å². The summed E-state index contributed by atoms with van der Waals surface area (Å²) in [7, 11) is 4.56. The van der Waals surface area contributed by atoms with E-state index < -0.39 is 11.7 Å². The molecule has 0 heterocycles. The summed E-state index contributed by atoms with van der Waals surface area (Å²) < 4.78 is 26.4. The van der Waals surface area contributed by atoms with Gasteiger partial charge in [0.1, 0.15) is 11.4 Å². The molecule has 0 aliphatic carbocycles. The molecule has 0 bridgehead atoms. The standard InChI is InChI=1S/C16H25NO6/c1-10-13(20-6)11(17-15(18)23-16(2,3)4)8-12(14(10)21-7)22-9-19-5/h8H,9H2,1-7H3,(H,17,18). The first-order valence-electron chi connectivity index (χ1n) is 7.10. The Kier molecular flexibility index (Phi) is 6.50. The van der Waals surface area contributed by atoms with Crippen LogP contribution in [0.25, 0.3) is 0 Å². The van der Waals surface area contributed by atoms with Crippen molar-refractivity contribution in [2.75, 3.05) is 33.4 Å². The summed E-state index contributed by atoms with van der Waals surface area (Å²) in [5, 5.41) is 2.66. The molecule has 7 heteroatoms. The summed E-state index contributed by atoms with van der Waals surface area (Å²) in [5.74, 6) is 1.41. The second-order valence-electron chi connectivity index (χ2n) is 5.79. The van der Waals surface area contributed by atoms with Gasteiger partial charge >= 0.3 is 6.09 Å². The predicted molar refractivity (Wildman–Crippen MR) is 86.6 cm³/mol. The zero-order valence-corrected chi connectivity index (χ0v) is 14.7. The van der Waals surface area contributed by atoms with E-state index in [0.29, 0.717) is 28.5 Å². The Hall–Kier alpha value is -2.15. The number of benzene rings is 1. The second kappa shape index (κ2) is 7.92. The molecule has 0 spiro atoms. The smallest absolute Gasteiger partial charge is 0.412 e. The van der Waals surface area contributed by atoms with Gasteiger partial charge in [0.05, 0.1) is 19.9 Å². The Morgan fingerprint density at radius 2 is 1.74 bits per heavy atom. The van der Waals surface area contributed by atoms with Gasteiger partial charge in [-0.2, -0.15) is 0 Å². The molecular weight excluding hydrogens is 302 g/mol. The van der Waals surface area contributed by atoms with Crippen molar-refractivity contribution >= 4 is 11.8 Å². The second-order valence-corrected chi connectivity index (χ2v) is 5.79. The number of ether oxygens (including phenoxy) is 5. The third-order valence-electron chi connectivity index (χ3n) is 2.80. The monoisotopic (exact) mass is 327 g/mol. The fraction of sp³-hybridized carbons (Fsp3) is 0.562. The van der Waals surface area contributed by atoms with Gasteiger partial charge in [-0.1, -0.05) is 0 Å². The van der Waals surface area contributed by atoms with E-state index in [1.54, 1.807) is 33.8 Å². The number of hydrogen-bond acceptors (Lipinski definition) is 6. The summed E-state index contributed by atoms with van der Waals surface area (Å²) in [6.45, 7) is 7.22. The molecule has 23 heavy (non-hydrogen) atoms. The van der Waals surface area contributed by atoms with Gasteiger partial charge in [-0.3, -0.25) is 5.32 Å². The molecule has 0 radical (unpaired) electrons. The Labute approximate surface area is 136 Å². The van der Waals surface area contributed by atoms with Gasteiger partial charge in [0.15, 0.2) is 18.3 Å². The van der Waals surface area contributed by atoms with Gasteiger partial charge in [0, 0.05) is 18.7 Å². The lowest BCUT2D eigenvalue weighted by Crippen LogP contribution is -2.27. The van der Waals surface area contributed by atoms with Gasteiger partial charge in [-0.05, 0) is 27.7 Å². The number of hydrogen-bond donors (Lipinski definition) is 1. The SMILES string of the molecule is COCOc1cc(NC(=O)OC(C)(C)C)c(OC)c(C)c1OC. The molecule has 0 saturated heterocycles. The summed E-state index contributed by atoms with van der Waals surface area (Å²) in [4.78, 5) is 12.0. The number of methoxy groups -OCH3 is 3. The van der Waals surface area contributed by atoms with Crippen molar-refractivity contribution in [3.05, 3.63) is 11.6 Å². The van der Waals surface area contributed by atoms with Crippen LogP contribution in [0.4, 0.5) is 10.5 Å². The van der Waals surface area contributed by atoms with Crippen LogP contribution in [-0.2, 0) is 9.47 Å². The minimum absolute atomic E-state index is 0.0496. The Morgan fingerprint density at radius 1 is 1.13 bits per heavy atom. The van der Waals surface area contributed by atoms with E-state index in [4.69, 9.17) is 23.7 Å². The lowest BCUT2D eigenvalue weighted by Gasteiger charge is -2.22. The summed E-state index contributed by atoms with van der Waals surface area (Å²) >= 11 is 0. The highest BCUT2D eigenvalue weighted by atomic mass is 16.7. The molecule has 1 aromatic rings. The third-order valence-corrected chi connectivity index (χ3v) is 2.80. The largest absolute Gasteiger partial charge is 0.494 e.